The van der Waals surface area contributed by atoms with E-state index in [0.717, 1.165) is 0 Å². The van der Waals surface area contributed by atoms with Gasteiger partial charge in [0.15, 0.2) is 6.61 Å². The number of phenols is 1. The van der Waals surface area contributed by atoms with Crippen molar-refractivity contribution in [3.05, 3.63) is 29.8 Å². The molecule has 137 valence electrons. The first kappa shape index (κ1) is 20.7. The van der Waals surface area contributed by atoms with Crippen LogP contribution < -0.4 is 10.6 Å². The van der Waals surface area contributed by atoms with Crippen LogP contribution in [0.5, 0.6) is 5.75 Å². The molecule has 4 N–H and O–H groups in total. The Kier molecular flexibility index (Phi) is 7.13. The highest BCUT2D eigenvalue weighted by atomic mass is 28.3. The third kappa shape index (κ3) is 6.94. The monoisotopic (exact) mass is 367 g/mol. The second-order valence-electron chi connectivity index (χ2n) is 6.90. The molecule has 1 radical (unpaired) electrons. The van der Waals surface area contributed by atoms with Crippen molar-refractivity contribution in [2.75, 3.05) is 6.61 Å². The second-order valence-corrected chi connectivity index (χ2v) is 12.4. The zero-order chi connectivity index (χ0) is 19.2. The lowest BCUT2D eigenvalue weighted by Gasteiger charge is -2.25. The standard InChI is InChI=1S/C16H23N2O6Si/c1-25(2,3)9-12(16(23)24)17-15(22)14(18-13(21)8-19)10-4-6-11(20)7-5-10/h4-7,12,14,20H,8-9H2,1-3H3,(H,17,22)(H,18,21)(H,23,24)/t12-,14-/m1/s1. The van der Waals surface area contributed by atoms with Crippen molar-refractivity contribution in [1.82, 2.24) is 10.6 Å². The van der Waals surface area contributed by atoms with Gasteiger partial charge in [-0.05, 0) is 23.7 Å². The molecule has 0 bridgehead atoms. The summed E-state index contributed by atoms with van der Waals surface area (Å²) >= 11 is 0. The maximum atomic E-state index is 12.5. The Morgan fingerprint density at radius 2 is 1.64 bits per heavy atom. The zero-order valence-electron chi connectivity index (χ0n) is 14.4. The van der Waals surface area contributed by atoms with Crippen LogP contribution in [0.3, 0.4) is 0 Å². The number of benzene rings is 1. The van der Waals surface area contributed by atoms with E-state index in [-0.39, 0.29) is 5.75 Å². The molecule has 0 spiro atoms. The summed E-state index contributed by atoms with van der Waals surface area (Å²) in [6.07, 6.45) is 0. The Balaban J connectivity index is 3.03. The SMILES string of the molecule is C[Si](C)(C)C[C@@H](NC(=O)[C@H](NC(=O)C[O])c1ccc(O)cc1)C(=O)O. The van der Waals surface area contributed by atoms with Crippen LogP contribution in [0.25, 0.3) is 0 Å². The summed E-state index contributed by atoms with van der Waals surface area (Å²) in [6.45, 7) is 4.88. The minimum atomic E-state index is -1.78. The van der Waals surface area contributed by atoms with Crippen molar-refractivity contribution in [2.24, 2.45) is 0 Å². The molecule has 0 fully saturated rings. The molecular formula is C16H23N2O6Si. The first-order chi connectivity index (χ1) is 11.5. The van der Waals surface area contributed by atoms with Crippen LogP contribution >= 0.6 is 0 Å². The van der Waals surface area contributed by atoms with Gasteiger partial charge in [-0.1, -0.05) is 31.8 Å². The van der Waals surface area contributed by atoms with E-state index in [1.54, 1.807) is 0 Å². The maximum absolute atomic E-state index is 12.5. The fourth-order valence-electron chi connectivity index (χ4n) is 2.24. The summed E-state index contributed by atoms with van der Waals surface area (Å²) < 4.78 is 0. The van der Waals surface area contributed by atoms with E-state index in [0.29, 0.717) is 11.6 Å². The quantitative estimate of drug-likeness (QED) is 0.506. The first-order valence-corrected chi connectivity index (χ1v) is 11.4. The highest BCUT2D eigenvalue weighted by Gasteiger charge is 2.31. The van der Waals surface area contributed by atoms with E-state index < -0.39 is 44.5 Å². The molecule has 1 rings (SSSR count). The molecule has 25 heavy (non-hydrogen) atoms. The lowest BCUT2D eigenvalue weighted by molar-refractivity contribution is -0.141. The summed E-state index contributed by atoms with van der Waals surface area (Å²) in [5.41, 5.74) is 0.328. The van der Waals surface area contributed by atoms with Crippen LogP contribution in [0, 0.1) is 0 Å². The van der Waals surface area contributed by atoms with Gasteiger partial charge in [-0.25, -0.2) is 5.11 Å². The molecule has 1 aromatic carbocycles. The minimum absolute atomic E-state index is 0.0276. The summed E-state index contributed by atoms with van der Waals surface area (Å²) in [5.74, 6) is -2.79. The van der Waals surface area contributed by atoms with Gasteiger partial charge in [0.25, 0.3) is 0 Å². The summed E-state index contributed by atoms with van der Waals surface area (Å²) in [7, 11) is -1.78. The second kappa shape index (κ2) is 8.63. The van der Waals surface area contributed by atoms with Gasteiger partial charge in [-0.3, -0.25) is 14.4 Å². The number of aliphatic carboxylic acids is 1. The van der Waals surface area contributed by atoms with Crippen LogP contribution in [-0.2, 0) is 19.5 Å². The molecule has 0 unspecified atom stereocenters. The number of carboxylic acid groups (broad SMARTS) is 1. The van der Waals surface area contributed by atoms with Gasteiger partial charge < -0.3 is 20.8 Å². The molecule has 0 aliphatic heterocycles. The first-order valence-electron chi connectivity index (χ1n) is 7.73. The average molecular weight is 367 g/mol. The summed E-state index contributed by atoms with van der Waals surface area (Å²) in [4.78, 5) is 35.4. The highest BCUT2D eigenvalue weighted by Crippen LogP contribution is 2.19. The van der Waals surface area contributed by atoms with Crippen LogP contribution in [0.1, 0.15) is 11.6 Å². The van der Waals surface area contributed by atoms with E-state index >= 15 is 0 Å². The Morgan fingerprint density at radius 3 is 2.08 bits per heavy atom. The third-order valence-corrected chi connectivity index (χ3v) is 4.99. The molecule has 2 atom stereocenters. The molecule has 9 heteroatoms. The number of aromatic hydroxyl groups is 1. The Bertz CT molecular complexity index is 627. The number of amides is 2. The molecule has 0 saturated carbocycles. The van der Waals surface area contributed by atoms with Gasteiger partial charge in [0.05, 0.1) is 0 Å². The number of nitrogens with one attached hydrogen (secondary N) is 2. The maximum Gasteiger partial charge on any atom is 0.325 e. The van der Waals surface area contributed by atoms with Crippen molar-refractivity contribution in [3.63, 3.8) is 0 Å². The Morgan fingerprint density at radius 1 is 1.08 bits per heavy atom. The lowest BCUT2D eigenvalue weighted by Crippen LogP contribution is -2.49. The number of carbonyl (C=O) groups excluding carboxylic acids is 2. The molecule has 0 heterocycles. The average Bonchev–Trinajstić information content (AvgIpc) is 2.51. The number of phenolic OH excluding ortho intramolecular Hbond substituents is 1. The van der Waals surface area contributed by atoms with Gasteiger partial charge in [-0.2, -0.15) is 0 Å². The lowest BCUT2D eigenvalue weighted by atomic mass is 10.1. The van der Waals surface area contributed by atoms with E-state index in [1.165, 1.54) is 24.3 Å². The van der Waals surface area contributed by atoms with Crippen molar-refractivity contribution >= 4 is 25.9 Å². The normalized spacial score (nSPS) is 13.6. The topological polar surface area (TPSA) is 136 Å². The number of carboxylic acids is 1. The molecule has 0 aliphatic rings. The molecule has 0 saturated heterocycles. The third-order valence-electron chi connectivity index (χ3n) is 3.36. The van der Waals surface area contributed by atoms with Gasteiger partial charge >= 0.3 is 5.97 Å². The predicted molar refractivity (Wildman–Crippen MR) is 92.3 cm³/mol. The zero-order valence-corrected chi connectivity index (χ0v) is 15.4. The molecule has 2 amide bonds. The van der Waals surface area contributed by atoms with Crippen LogP contribution in [0.15, 0.2) is 24.3 Å². The van der Waals surface area contributed by atoms with E-state index in [4.69, 9.17) is 0 Å². The largest absolute Gasteiger partial charge is 0.508 e. The number of hydrogen-bond acceptors (Lipinski definition) is 4. The molecule has 0 aliphatic carbocycles. The van der Waals surface area contributed by atoms with Crippen LogP contribution in [0.4, 0.5) is 0 Å². The smallest absolute Gasteiger partial charge is 0.325 e. The van der Waals surface area contributed by atoms with Crippen LogP contribution in [-0.4, -0.2) is 48.7 Å². The molecular weight excluding hydrogens is 344 g/mol. The molecule has 8 nitrogen and oxygen atoms in total. The van der Waals surface area contributed by atoms with Crippen molar-refractivity contribution < 1.29 is 29.7 Å². The number of carbonyl (C=O) groups is 3. The van der Waals surface area contributed by atoms with Crippen molar-refractivity contribution in [3.8, 4) is 5.75 Å². The minimum Gasteiger partial charge on any atom is -0.508 e. The van der Waals surface area contributed by atoms with E-state index in [9.17, 15) is 29.7 Å². The Labute approximate surface area is 146 Å². The summed E-state index contributed by atoms with van der Waals surface area (Å²) in [5, 5.41) is 34.1. The van der Waals surface area contributed by atoms with Crippen molar-refractivity contribution in [1.29, 1.82) is 0 Å². The fourth-order valence-corrected chi connectivity index (χ4v) is 3.74. The fraction of sp³-hybridized carbons (Fsp3) is 0.438. The van der Waals surface area contributed by atoms with Crippen molar-refractivity contribution in [2.45, 2.75) is 37.8 Å². The van der Waals surface area contributed by atoms with Crippen LogP contribution in [0.2, 0.25) is 25.7 Å². The number of rotatable bonds is 8. The highest BCUT2D eigenvalue weighted by molar-refractivity contribution is 6.76. The van der Waals surface area contributed by atoms with E-state index in [1.807, 2.05) is 19.6 Å². The van der Waals surface area contributed by atoms with Gasteiger partial charge in [0.1, 0.15) is 17.8 Å². The predicted octanol–water partition coefficient (Wildman–Crippen LogP) is 0.888. The molecule has 0 aromatic heterocycles. The van der Waals surface area contributed by atoms with Gasteiger partial charge in [0, 0.05) is 8.07 Å². The van der Waals surface area contributed by atoms with E-state index in [2.05, 4.69) is 10.6 Å². The molecule has 1 aromatic rings. The van der Waals surface area contributed by atoms with Gasteiger partial charge in [-0.15, -0.1) is 0 Å². The Hall–Kier alpha value is -2.39. The number of hydrogen-bond donors (Lipinski definition) is 4. The summed E-state index contributed by atoms with van der Waals surface area (Å²) in [6, 6.07) is 3.52. The van der Waals surface area contributed by atoms with Gasteiger partial charge in [0.2, 0.25) is 11.8 Å².